The summed E-state index contributed by atoms with van der Waals surface area (Å²) in [6, 6.07) is 6.47. The molecule has 3 N–H and O–H groups in total. The molecule has 0 saturated carbocycles. The van der Waals surface area contributed by atoms with E-state index in [0.717, 1.165) is 24.4 Å². The average molecular weight is 436 g/mol. The number of anilines is 1. The normalized spacial score (nSPS) is 16.8. The molecule has 0 fully saturated rings. The summed E-state index contributed by atoms with van der Waals surface area (Å²) in [4.78, 5) is 36.7. The molecular formula is C21H16F4N2O4. The lowest BCUT2D eigenvalue weighted by Gasteiger charge is -2.31. The largest absolute Gasteiger partial charge is 0.478 e. The van der Waals surface area contributed by atoms with Gasteiger partial charge in [0, 0.05) is 24.1 Å². The Balaban J connectivity index is 2.19. The molecule has 1 heterocycles. The van der Waals surface area contributed by atoms with Crippen molar-refractivity contribution in [1.82, 2.24) is 0 Å². The summed E-state index contributed by atoms with van der Waals surface area (Å²) in [6.07, 6.45) is -4.64. The van der Waals surface area contributed by atoms with Gasteiger partial charge >= 0.3 is 12.1 Å². The molecule has 2 aromatic rings. The Bertz CT molecular complexity index is 1120. The van der Waals surface area contributed by atoms with Crippen molar-refractivity contribution in [2.75, 3.05) is 4.90 Å². The number of amides is 2. The lowest BCUT2D eigenvalue weighted by Crippen LogP contribution is -2.35. The maximum Gasteiger partial charge on any atom is 0.418 e. The van der Waals surface area contributed by atoms with E-state index >= 15 is 0 Å². The third-order valence-corrected chi connectivity index (χ3v) is 4.96. The van der Waals surface area contributed by atoms with E-state index in [0.29, 0.717) is 11.0 Å². The predicted octanol–water partition coefficient (Wildman–Crippen LogP) is 3.74. The van der Waals surface area contributed by atoms with Crippen LogP contribution in [-0.4, -0.2) is 22.9 Å². The van der Waals surface area contributed by atoms with Crippen molar-refractivity contribution in [3.8, 4) is 0 Å². The number of aryl methyl sites for hydroxylation is 1. The number of hydrogen-bond acceptors (Lipinski definition) is 3. The molecule has 0 bridgehead atoms. The van der Waals surface area contributed by atoms with Gasteiger partial charge in [0.05, 0.1) is 16.8 Å². The predicted molar refractivity (Wildman–Crippen MR) is 102 cm³/mol. The first-order chi connectivity index (χ1) is 14.4. The highest BCUT2D eigenvalue weighted by Gasteiger charge is 2.40. The summed E-state index contributed by atoms with van der Waals surface area (Å²) in [6.45, 7) is 1.34. The summed E-state index contributed by atoms with van der Waals surface area (Å²) in [5, 5.41) is 9.61. The molecule has 31 heavy (non-hydrogen) atoms. The molecule has 0 saturated heterocycles. The van der Waals surface area contributed by atoms with Crippen LogP contribution in [0.15, 0.2) is 48.2 Å². The first kappa shape index (κ1) is 22.0. The number of aliphatic carboxylic acids is 1. The number of alkyl halides is 3. The molecule has 1 atom stereocenters. The van der Waals surface area contributed by atoms with Gasteiger partial charge in [0.15, 0.2) is 0 Å². The van der Waals surface area contributed by atoms with E-state index < -0.39 is 53.4 Å². The summed E-state index contributed by atoms with van der Waals surface area (Å²) >= 11 is 0. The molecule has 10 heteroatoms. The SMILES string of the molecule is Cc1cc(N2C=C(C(=O)O)C(c3cccc(F)c3)CC2=O)c(C(F)(F)F)cc1C(N)=O. The van der Waals surface area contributed by atoms with Crippen LogP contribution in [0.25, 0.3) is 0 Å². The quantitative estimate of drug-likeness (QED) is 0.713. The minimum atomic E-state index is -4.95. The van der Waals surface area contributed by atoms with Crippen LogP contribution in [0.5, 0.6) is 0 Å². The Hall–Kier alpha value is -3.69. The van der Waals surface area contributed by atoms with Gasteiger partial charge in [0.25, 0.3) is 0 Å². The number of carbonyl (C=O) groups excluding carboxylic acids is 2. The van der Waals surface area contributed by atoms with Gasteiger partial charge in [0.2, 0.25) is 11.8 Å². The molecule has 0 aromatic heterocycles. The van der Waals surface area contributed by atoms with Gasteiger partial charge in [-0.25, -0.2) is 9.18 Å². The molecular weight excluding hydrogens is 420 g/mol. The van der Waals surface area contributed by atoms with Crippen LogP contribution in [0.4, 0.5) is 23.2 Å². The number of hydrogen-bond donors (Lipinski definition) is 2. The van der Waals surface area contributed by atoms with E-state index in [1.807, 2.05) is 0 Å². The van der Waals surface area contributed by atoms with Gasteiger partial charge in [-0.1, -0.05) is 12.1 Å². The van der Waals surface area contributed by atoms with Crippen molar-refractivity contribution >= 4 is 23.5 Å². The first-order valence-corrected chi connectivity index (χ1v) is 8.94. The fourth-order valence-electron chi connectivity index (χ4n) is 3.50. The highest BCUT2D eigenvalue weighted by Crippen LogP contribution is 2.42. The third-order valence-electron chi connectivity index (χ3n) is 4.96. The molecule has 1 aliphatic heterocycles. The number of benzene rings is 2. The van der Waals surface area contributed by atoms with Crippen molar-refractivity contribution in [2.24, 2.45) is 5.73 Å². The second-order valence-electron chi connectivity index (χ2n) is 7.01. The second kappa shape index (κ2) is 7.86. The molecule has 2 amide bonds. The van der Waals surface area contributed by atoms with E-state index in [9.17, 15) is 37.1 Å². The summed E-state index contributed by atoms with van der Waals surface area (Å²) in [5.41, 5.74) is 2.73. The summed E-state index contributed by atoms with van der Waals surface area (Å²) in [5.74, 6) is -5.05. The third kappa shape index (κ3) is 4.27. The molecule has 0 spiro atoms. The van der Waals surface area contributed by atoms with E-state index in [1.54, 1.807) is 0 Å². The Morgan fingerprint density at radius 3 is 2.42 bits per heavy atom. The van der Waals surface area contributed by atoms with Gasteiger partial charge < -0.3 is 10.8 Å². The Kier molecular flexibility index (Phi) is 5.58. The highest BCUT2D eigenvalue weighted by atomic mass is 19.4. The molecule has 3 rings (SSSR count). The van der Waals surface area contributed by atoms with Crippen LogP contribution >= 0.6 is 0 Å². The molecule has 1 unspecified atom stereocenters. The lowest BCUT2D eigenvalue weighted by molar-refractivity contribution is -0.137. The summed E-state index contributed by atoms with van der Waals surface area (Å²) in [7, 11) is 0. The van der Waals surface area contributed by atoms with Crippen LogP contribution in [0.3, 0.4) is 0 Å². The van der Waals surface area contributed by atoms with Crippen LogP contribution in [0.1, 0.15) is 39.4 Å². The molecule has 2 aromatic carbocycles. The fraction of sp³-hybridized carbons (Fsp3) is 0.190. The number of carboxylic acid groups (broad SMARTS) is 1. The minimum Gasteiger partial charge on any atom is -0.478 e. The standard InChI is InChI=1S/C21H16F4N2O4/c1-10-5-17(16(21(23,24)25)7-13(10)19(26)29)27-9-15(20(30)31)14(8-18(27)28)11-3-2-4-12(22)6-11/h2-7,9,14H,8H2,1H3,(H2,26,29)(H,30,31). The van der Waals surface area contributed by atoms with Crippen LogP contribution in [0.2, 0.25) is 0 Å². The zero-order valence-corrected chi connectivity index (χ0v) is 16.0. The lowest BCUT2D eigenvalue weighted by atomic mass is 9.85. The van der Waals surface area contributed by atoms with Crippen molar-refractivity contribution in [3.63, 3.8) is 0 Å². The Morgan fingerprint density at radius 1 is 1.19 bits per heavy atom. The van der Waals surface area contributed by atoms with Crippen LogP contribution < -0.4 is 10.6 Å². The van der Waals surface area contributed by atoms with Crippen LogP contribution in [-0.2, 0) is 15.8 Å². The first-order valence-electron chi connectivity index (χ1n) is 8.94. The maximum absolute atomic E-state index is 13.7. The Labute approximate surface area is 173 Å². The van der Waals surface area contributed by atoms with E-state index in [1.165, 1.54) is 19.1 Å². The second-order valence-corrected chi connectivity index (χ2v) is 7.01. The van der Waals surface area contributed by atoms with Crippen molar-refractivity contribution < 1.29 is 37.1 Å². The molecule has 1 aliphatic rings. The number of carbonyl (C=O) groups is 3. The number of rotatable bonds is 4. The van der Waals surface area contributed by atoms with Gasteiger partial charge in [-0.05, 0) is 42.3 Å². The molecule has 0 aliphatic carbocycles. The van der Waals surface area contributed by atoms with Crippen molar-refractivity contribution in [1.29, 1.82) is 0 Å². The zero-order valence-electron chi connectivity index (χ0n) is 16.0. The van der Waals surface area contributed by atoms with Crippen molar-refractivity contribution in [2.45, 2.75) is 25.4 Å². The van der Waals surface area contributed by atoms with Gasteiger partial charge in [-0.15, -0.1) is 0 Å². The van der Waals surface area contributed by atoms with Crippen molar-refractivity contribution in [3.05, 3.63) is 76.2 Å². The van der Waals surface area contributed by atoms with E-state index in [-0.39, 0.29) is 22.3 Å². The minimum absolute atomic E-state index is 0.0841. The zero-order chi connectivity index (χ0) is 23.1. The number of primary amides is 1. The average Bonchev–Trinajstić information content (AvgIpc) is 2.66. The van der Waals surface area contributed by atoms with Gasteiger partial charge in [-0.3, -0.25) is 14.5 Å². The van der Waals surface area contributed by atoms with E-state index in [2.05, 4.69) is 0 Å². The van der Waals surface area contributed by atoms with Gasteiger partial charge in [0.1, 0.15) is 5.82 Å². The number of carboxylic acids is 1. The number of nitrogens with zero attached hydrogens (tertiary/aromatic N) is 1. The smallest absolute Gasteiger partial charge is 0.418 e. The monoisotopic (exact) mass is 436 g/mol. The van der Waals surface area contributed by atoms with Gasteiger partial charge in [-0.2, -0.15) is 13.2 Å². The number of halogens is 4. The molecule has 0 radical (unpaired) electrons. The fourth-order valence-corrected chi connectivity index (χ4v) is 3.50. The molecule has 6 nitrogen and oxygen atoms in total. The summed E-state index contributed by atoms with van der Waals surface area (Å²) < 4.78 is 54.6. The van der Waals surface area contributed by atoms with Crippen LogP contribution in [0, 0.1) is 12.7 Å². The highest BCUT2D eigenvalue weighted by molar-refractivity contribution is 6.03. The topological polar surface area (TPSA) is 101 Å². The van der Waals surface area contributed by atoms with E-state index in [4.69, 9.17) is 5.73 Å². The maximum atomic E-state index is 13.7. The molecule has 162 valence electrons. The Morgan fingerprint density at radius 2 is 1.87 bits per heavy atom. The number of nitrogens with two attached hydrogens (primary N) is 1.